The van der Waals surface area contributed by atoms with E-state index in [2.05, 4.69) is 26.1 Å². The Morgan fingerprint density at radius 3 is 2.29 bits per heavy atom. The van der Waals surface area contributed by atoms with Gasteiger partial charge >= 0.3 is 0 Å². The van der Waals surface area contributed by atoms with Crippen molar-refractivity contribution < 1.29 is 4.79 Å². The van der Waals surface area contributed by atoms with Gasteiger partial charge in [-0.05, 0) is 25.7 Å². The van der Waals surface area contributed by atoms with Crippen LogP contribution >= 0.6 is 0 Å². The second-order valence-corrected chi connectivity index (χ2v) is 5.87. The fraction of sp³-hybridized carbons (Fsp3) is 0.933. The standard InChI is InChI=1S/C15H31NO/c1-6-8-9-10-11-15(5,7-2)12-14(17)16-13(3)4/h13H,6-12H2,1-5H3,(H,16,17). The van der Waals surface area contributed by atoms with Crippen LogP contribution in [0.15, 0.2) is 0 Å². The summed E-state index contributed by atoms with van der Waals surface area (Å²) in [5.74, 6) is 0.208. The minimum absolute atomic E-state index is 0.187. The van der Waals surface area contributed by atoms with Crippen molar-refractivity contribution in [2.24, 2.45) is 5.41 Å². The molecule has 0 saturated heterocycles. The lowest BCUT2D eigenvalue weighted by molar-refractivity contribution is -0.123. The molecule has 0 aromatic heterocycles. The molecule has 0 aliphatic rings. The molecular formula is C15H31NO. The van der Waals surface area contributed by atoms with E-state index in [-0.39, 0.29) is 17.4 Å². The van der Waals surface area contributed by atoms with E-state index in [4.69, 9.17) is 0 Å². The molecule has 17 heavy (non-hydrogen) atoms. The fourth-order valence-corrected chi connectivity index (χ4v) is 2.13. The number of amides is 1. The third-order valence-corrected chi connectivity index (χ3v) is 3.52. The van der Waals surface area contributed by atoms with Gasteiger partial charge in [-0.1, -0.05) is 52.9 Å². The molecule has 0 rings (SSSR count). The van der Waals surface area contributed by atoms with E-state index in [1.165, 1.54) is 32.1 Å². The average molecular weight is 241 g/mol. The zero-order valence-corrected chi connectivity index (χ0v) is 12.4. The van der Waals surface area contributed by atoms with Gasteiger partial charge in [0.05, 0.1) is 0 Å². The summed E-state index contributed by atoms with van der Waals surface area (Å²) in [6.07, 6.45) is 8.09. The Labute approximate surface area is 108 Å². The lowest BCUT2D eigenvalue weighted by Gasteiger charge is -2.28. The van der Waals surface area contributed by atoms with E-state index in [9.17, 15) is 4.79 Å². The summed E-state index contributed by atoms with van der Waals surface area (Å²) in [4.78, 5) is 11.8. The minimum atomic E-state index is 0.187. The van der Waals surface area contributed by atoms with E-state index < -0.39 is 0 Å². The highest BCUT2D eigenvalue weighted by molar-refractivity contribution is 5.76. The topological polar surface area (TPSA) is 29.1 Å². The van der Waals surface area contributed by atoms with E-state index in [0.717, 1.165) is 6.42 Å². The Hall–Kier alpha value is -0.530. The van der Waals surface area contributed by atoms with E-state index >= 15 is 0 Å². The highest BCUT2D eigenvalue weighted by Crippen LogP contribution is 2.32. The van der Waals surface area contributed by atoms with Crippen LogP contribution in [0.25, 0.3) is 0 Å². The Balaban J connectivity index is 4.03. The number of hydrogen-bond acceptors (Lipinski definition) is 1. The molecule has 0 aromatic carbocycles. The largest absolute Gasteiger partial charge is 0.354 e. The zero-order chi connectivity index (χ0) is 13.3. The highest BCUT2D eigenvalue weighted by atomic mass is 16.1. The number of nitrogens with one attached hydrogen (secondary N) is 1. The highest BCUT2D eigenvalue weighted by Gasteiger charge is 2.25. The SMILES string of the molecule is CCCCCCC(C)(CC)CC(=O)NC(C)C. The smallest absolute Gasteiger partial charge is 0.220 e. The third kappa shape index (κ3) is 8.23. The van der Waals surface area contributed by atoms with Crippen LogP contribution in [-0.4, -0.2) is 11.9 Å². The van der Waals surface area contributed by atoms with Crippen molar-refractivity contribution in [3.63, 3.8) is 0 Å². The molecule has 2 nitrogen and oxygen atoms in total. The lowest BCUT2D eigenvalue weighted by atomic mass is 9.79. The number of hydrogen-bond donors (Lipinski definition) is 1. The van der Waals surface area contributed by atoms with Crippen molar-refractivity contribution in [2.75, 3.05) is 0 Å². The van der Waals surface area contributed by atoms with Crippen LogP contribution in [0.1, 0.15) is 79.6 Å². The summed E-state index contributed by atoms with van der Waals surface area (Å²) in [6.45, 7) is 10.7. The molecule has 1 unspecified atom stereocenters. The van der Waals surface area contributed by atoms with Crippen molar-refractivity contribution in [1.29, 1.82) is 0 Å². The maximum atomic E-state index is 11.8. The second kappa shape index (κ2) is 8.54. The number of carbonyl (C=O) groups is 1. The molecule has 0 saturated carbocycles. The van der Waals surface area contributed by atoms with Gasteiger partial charge in [-0.3, -0.25) is 4.79 Å². The summed E-state index contributed by atoms with van der Waals surface area (Å²) in [5, 5.41) is 3.00. The first-order valence-electron chi connectivity index (χ1n) is 7.23. The maximum Gasteiger partial charge on any atom is 0.220 e. The normalized spacial score (nSPS) is 14.7. The second-order valence-electron chi connectivity index (χ2n) is 5.87. The summed E-state index contributed by atoms with van der Waals surface area (Å²) in [7, 11) is 0. The molecule has 0 heterocycles. The fourth-order valence-electron chi connectivity index (χ4n) is 2.13. The van der Waals surface area contributed by atoms with E-state index in [0.29, 0.717) is 6.42 Å². The monoisotopic (exact) mass is 241 g/mol. The Morgan fingerprint density at radius 2 is 1.82 bits per heavy atom. The van der Waals surface area contributed by atoms with Crippen LogP contribution < -0.4 is 5.32 Å². The van der Waals surface area contributed by atoms with Gasteiger partial charge in [0.2, 0.25) is 5.91 Å². The summed E-state index contributed by atoms with van der Waals surface area (Å²) < 4.78 is 0. The van der Waals surface area contributed by atoms with Gasteiger partial charge in [0.25, 0.3) is 0 Å². The molecule has 0 fully saturated rings. The average Bonchev–Trinajstić information content (AvgIpc) is 2.23. The molecule has 0 aliphatic carbocycles. The maximum absolute atomic E-state index is 11.8. The molecule has 0 aromatic rings. The van der Waals surface area contributed by atoms with Crippen molar-refractivity contribution in [1.82, 2.24) is 5.32 Å². The number of rotatable bonds is 9. The Morgan fingerprint density at radius 1 is 1.18 bits per heavy atom. The van der Waals surface area contributed by atoms with Gasteiger partial charge in [0.15, 0.2) is 0 Å². The van der Waals surface area contributed by atoms with E-state index in [1.54, 1.807) is 0 Å². The van der Waals surface area contributed by atoms with Gasteiger partial charge in [-0.25, -0.2) is 0 Å². The van der Waals surface area contributed by atoms with Crippen molar-refractivity contribution in [3.05, 3.63) is 0 Å². The molecule has 102 valence electrons. The molecule has 0 bridgehead atoms. The third-order valence-electron chi connectivity index (χ3n) is 3.52. The van der Waals surface area contributed by atoms with Gasteiger partial charge in [0.1, 0.15) is 0 Å². The Kier molecular flexibility index (Phi) is 8.28. The van der Waals surface area contributed by atoms with Gasteiger partial charge in [-0.2, -0.15) is 0 Å². The number of unbranched alkanes of at least 4 members (excludes halogenated alkanes) is 3. The first kappa shape index (κ1) is 16.5. The van der Waals surface area contributed by atoms with Gasteiger partial charge in [0, 0.05) is 12.5 Å². The predicted molar refractivity (Wildman–Crippen MR) is 75.1 cm³/mol. The molecular weight excluding hydrogens is 210 g/mol. The van der Waals surface area contributed by atoms with Crippen molar-refractivity contribution >= 4 is 5.91 Å². The van der Waals surface area contributed by atoms with Crippen LogP contribution in [0.3, 0.4) is 0 Å². The lowest BCUT2D eigenvalue weighted by Crippen LogP contribution is -2.34. The van der Waals surface area contributed by atoms with Crippen LogP contribution in [0.4, 0.5) is 0 Å². The molecule has 1 amide bonds. The first-order chi connectivity index (χ1) is 7.93. The van der Waals surface area contributed by atoms with Gasteiger partial charge < -0.3 is 5.32 Å². The summed E-state index contributed by atoms with van der Waals surface area (Å²) >= 11 is 0. The summed E-state index contributed by atoms with van der Waals surface area (Å²) in [5.41, 5.74) is 0.187. The Bertz CT molecular complexity index is 213. The van der Waals surface area contributed by atoms with Gasteiger partial charge in [-0.15, -0.1) is 0 Å². The minimum Gasteiger partial charge on any atom is -0.354 e. The predicted octanol–water partition coefficient (Wildman–Crippen LogP) is 4.29. The molecule has 2 heteroatoms. The van der Waals surface area contributed by atoms with Crippen LogP contribution in [-0.2, 0) is 4.79 Å². The molecule has 0 spiro atoms. The van der Waals surface area contributed by atoms with Crippen molar-refractivity contribution in [2.45, 2.75) is 85.6 Å². The van der Waals surface area contributed by atoms with Crippen molar-refractivity contribution in [3.8, 4) is 0 Å². The molecule has 1 N–H and O–H groups in total. The number of carbonyl (C=O) groups excluding carboxylic acids is 1. The van der Waals surface area contributed by atoms with Crippen LogP contribution in [0.2, 0.25) is 0 Å². The molecule has 1 atom stereocenters. The van der Waals surface area contributed by atoms with Crippen LogP contribution in [0, 0.1) is 5.41 Å². The zero-order valence-electron chi connectivity index (χ0n) is 12.4. The quantitative estimate of drug-likeness (QED) is 0.599. The van der Waals surface area contributed by atoms with Crippen LogP contribution in [0.5, 0.6) is 0 Å². The molecule has 0 radical (unpaired) electrons. The molecule has 0 aliphatic heterocycles. The first-order valence-corrected chi connectivity index (χ1v) is 7.23. The summed E-state index contributed by atoms with van der Waals surface area (Å²) in [6, 6.07) is 0.253. The van der Waals surface area contributed by atoms with E-state index in [1.807, 2.05) is 13.8 Å².